The van der Waals surface area contributed by atoms with Gasteiger partial charge >= 0.3 is 11.9 Å². The molecule has 0 radical (unpaired) electrons. The number of hydrogen-bond acceptors (Lipinski definition) is 5. The van der Waals surface area contributed by atoms with Gasteiger partial charge in [-0.2, -0.15) is 4.39 Å². The summed E-state index contributed by atoms with van der Waals surface area (Å²) in [6, 6.07) is 11.4. The van der Waals surface area contributed by atoms with Crippen LogP contribution in [0, 0.1) is 17.6 Å². The molecule has 30 heavy (non-hydrogen) atoms. The average Bonchev–Trinajstić information content (AvgIpc) is 2.77. The third-order valence-corrected chi connectivity index (χ3v) is 5.25. The molecule has 3 rings (SSSR count). The molecule has 7 heteroatoms. The Morgan fingerprint density at radius 2 is 1.67 bits per heavy atom. The average molecular weight is 418 g/mol. The van der Waals surface area contributed by atoms with E-state index in [2.05, 4.69) is 4.74 Å². The highest BCUT2D eigenvalue weighted by atomic mass is 19.2. The molecule has 0 N–H and O–H groups in total. The molecule has 0 amide bonds. The molecular weight excluding hydrogens is 394 g/mol. The smallest absolute Gasteiger partial charge is 0.341 e. The number of rotatable bonds is 7. The molecule has 0 heterocycles. The summed E-state index contributed by atoms with van der Waals surface area (Å²) < 4.78 is 44.3. The minimum Gasteiger partial charge on any atom is -0.487 e. The Bertz CT molecular complexity index is 877. The first kappa shape index (κ1) is 21.7. The molecule has 0 spiro atoms. The summed E-state index contributed by atoms with van der Waals surface area (Å²) >= 11 is 0. The van der Waals surface area contributed by atoms with Gasteiger partial charge < -0.3 is 14.2 Å². The molecule has 0 atom stereocenters. The van der Waals surface area contributed by atoms with Crippen molar-refractivity contribution in [2.75, 3.05) is 7.11 Å². The van der Waals surface area contributed by atoms with Crippen LogP contribution in [-0.2, 0) is 20.9 Å². The molecule has 2 aromatic carbocycles. The summed E-state index contributed by atoms with van der Waals surface area (Å²) in [7, 11) is 1.36. The second kappa shape index (κ2) is 10.2. The van der Waals surface area contributed by atoms with Crippen LogP contribution in [0.15, 0.2) is 42.5 Å². The number of carbonyl (C=O) groups is 2. The van der Waals surface area contributed by atoms with E-state index in [1.165, 1.54) is 19.2 Å². The topological polar surface area (TPSA) is 61.8 Å². The lowest BCUT2D eigenvalue weighted by molar-refractivity contribution is -0.142. The largest absolute Gasteiger partial charge is 0.487 e. The van der Waals surface area contributed by atoms with E-state index in [1.807, 2.05) is 6.07 Å². The van der Waals surface area contributed by atoms with Crippen molar-refractivity contribution in [3.8, 4) is 5.75 Å². The summed E-state index contributed by atoms with van der Waals surface area (Å²) in [5, 5.41) is 0. The number of ether oxygens (including phenoxy) is 3. The molecule has 160 valence electrons. The normalized spacial score (nSPS) is 18.5. The first-order valence-electron chi connectivity index (χ1n) is 9.90. The Morgan fingerprint density at radius 1 is 0.967 bits per heavy atom. The number of carbonyl (C=O) groups excluding carboxylic acids is 2. The van der Waals surface area contributed by atoms with E-state index < -0.39 is 23.2 Å². The molecule has 0 unspecified atom stereocenters. The fourth-order valence-electron chi connectivity index (χ4n) is 3.53. The second-order valence-corrected chi connectivity index (χ2v) is 7.34. The highest BCUT2D eigenvalue weighted by molar-refractivity contribution is 5.90. The summed E-state index contributed by atoms with van der Waals surface area (Å²) in [6.45, 7) is -0.0339. The van der Waals surface area contributed by atoms with Gasteiger partial charge in [0.1, 0.15) is 6.61 Å². The quantitative estimate of drug-likeness (QED) is 0.603. The van der Waals surface area contributed by atoms with Crippen LogP contribution in [0.1, 0.15) is 48.0 Å². The molecule has 2 aromatic rings. The Morgan fingerprint density at radius 3 is 2.33 bits per heavy atom. The summed E-state index contributed by atoms with van der Waals surface area (Å²) in [6.07, 6.45) is 2.82. The van der Waals surface area contributed by atoms with Gasteiger partial charge in [-0.15, -0.1) is 0 Å². The SMILES string of the molecule is COC(=O)CC1CCC(Oc2ccc(C(=O)OCc3ccccc3)c(F)c2F)CC1. The van der Waals surface area contributed by atoms with Crippen LogP contribution in [0.4, 0.5) is 8.78 Å². The van der Waals surface area contributed by atoms with Gasteiger partial charge in [0.05, 0.1) is 18.8 Å². The Kier molecular flexibility index (Phi) is 7.38. The zero-order valence-electron chi connectivity index (χ0n) is 16.7. The number of methoxy groups -OCH3 is 1. The van der Waals surface area contributed by atoms with Crippen LogP contribution in [0.3, 0.4) is 0 Å². The second-order valence-electron chi connectivity index (χ2n) is 7.34. The highest BCUT2D eigenvalue weighted by Gasteiger charge is 2.27. The van der Waals surface area contributed by atoms with E-state index in [1.54, 1.807) is 24.3 Å². The Balaban J connectivity index is 1.57. The molecular formula is C23H24F2O5. The van der Waals surface area contributed by atoms with Gasteiger partial charge in [-0.25, -0.2) is 9.18 Å². The number of hydrogen-bond donors (Lipinski definition) is 0. The van der Waals surface area contributed by atoms with E-state index in [9.17, 15) is 18.4 Å². The first-order chi connectivity index (χ1) is 14.5. The predicted molar refractivity (Wildman–Crippen MR) is 105 cm³/mol. The highest BCUT2D eigenvalue weighted by Crippen LogP contribution is 2.32. The number of halogens is 2. The van der Waals surface area contributed by atoms with Crippen molar-refractivity contribution < 1.29 is 32.6 Å². The van der Waals surface area contributed by atoms with Gasteiger partial charge in [-0.3, -0.25) is 4.79 Å². The summed E-state index contributed by atoms with van der Waals surface area (Å²) in [5.41, 5.74) is 0.270. The van der Waals surface area contributed by atoms with Crippen molar-refractivity contribution >= 4 is 11.9 Å². The monoisotopic (exact) mass is 418 g/mol. The fraction of sp³-hybridized carbons (Fsp3) is 0.391. The third kappa shape index (κ3) is 5.55. The molecule has 0 bridgehead atoms. The molecule has 1 aliphatic rings. The van der Waals surface area contributed by atoms with Crippen LogP contribution in [0.5, 0.6) is 5.75 Å². The zero-order valence-corrected chi connectivity index (χ0v) is 16.7. The van der Waals surface area contributed by atoms with Crippen molar-refractivity contribution in [2.45, 2.75) is 44.8 Å². The van der Waals surface area contributed by atoms with Gasteiger partial charge in [-0.1, -0.05) is 30.3 Å². The van der Waals surface area contributed by atoms with E-state index in [4.69, 9.17) is 9.47 Å². The van der Waals surface area contributed by atoms with E-state index >= 15 is 0 Å². The Labute approximate surface area is 173 Å². The molecule has 1 saturated carbocycles. The van der Waals surface area contributed by atoms with Crippen molar-refractivity contribution in [1.29, 1.82) is 0 Å². The van der Waals surface area contributed by atoms with E-state index in [0.29, 0.717) is 19.3 Å². The standard InChI is InChI=1S/C23H24F2O5/c1-28-20(26)13-15-7-9-17(10-8-15)30-19-12-11-18(21(24)22(19)25)23(27)29-14-16-5-3-2-4-6-16/h2-6,11-12,15,17H,7-10,13-14H2,1H3. The van der Waals surface area contributed by atoms with Crippen LogP contribution < -0.4 is 4.74 Å². The van der Waals surface area contributed by atoms with Gasteiger partial charge in [0, 0.05) is 6.42 Å². The lowest BCUT2D eigenvalue weighted by atomic mass is 9.85. The fourth-order valence-corrected chi connectivity index (χ4v) is 3.53. The van der Waals surface area contributed by atoms with Crippen LogP contribution in [-0.4, -0.2) is 25.2 Å². The van der Waals surface area contributed by atoms with Gasteiger partial charge in [0.15, 0.2) is 11.6 Å². The third-order valence-electron chi connectivity index (χ3n) is 5.25. The molecule has 0 aliphatic heterocycles. The summed E-state index contributed by atoms with van der Waals surface area (Å²) in [5.74, 6) is -3.71. The lowest BCUT2D eigenvalue weighted by Gasteiger charge is -2.28. The molecule has 5 nitrogen and oxygen atoms in total. The van der Waals surface area contributed by atoms with Crippen molar-refractivity contribution in [3.63, 3.8) is 0 Å². The van der Waals surface area contributed by atoms with E-state index in [0.717, 1.165) is 18.4 Å². The van der Waals surface area contributed by atoms with Crippen molar-refractivity contribution in [2.24, 2.45) is 5.92 Å². The number of benzene rings is 2. The molecule has 1 aliphatic carbocycles. The Hall–Kier alpha value is -2.96. The van der Waals surface area contributed by atoms with Crippen LogP contribution in [0.2, 0.25) is 0 Å². The zero-order chi connectivity index (χ0) is 21.5. The molecule has 1 fully saturated rings. The molecule has 0 saturated heterocycles. The van der Waals surface area contributed by atoms with Gasteiger partial charge in [-0.05, 0) is 49.3 Å². The first-order valence-corrected chi connectivity index (χ1v) is 9.90. The maximum Gasteiger partial charge on any atom is 0.341 e. The van der Waals surface area contributed by atoms with Crippen LogP contribution >= 0.6 is 0 Å². The molecule has 0 aromatic heterocycles. The lowest BCUT2D eigenvalue weighted by Crippen LogP contribution is -2.26. The summed E-state index contributed by atoms with van der Waals surface area (Å²) in [4.78, 5) is 23.5. The van der Waals surface area contributed by atoms with Gasteiger partial charge in [0.2, 0.25) is 5.82 Å². The van der Waals surface area contributed by atoms with Crippen molar-refractivity contribution in [3.05, 3.63) is 65.2 Å². The minimum atomic E-state index is -1.29. The van der Waals surface area contributed by atoms with E-state index in [-0.39, 0.29) is 30.3 Å². The van der Waals surface area contributed by atoms with Crippen LogP contribution in [0.25, 0.3) is 0 Å². The number of esters is 2. The van der Waals surface area contributed by atoms with Crippen molar-refractivity contribution in [1.82, 2.24) is 0 Å². The maximum atomic E-state index is 14.5. The van der Waals surface area contributed by atoms with Gasteiger partial charge in [0.25, 0.3) is 0 Å². The predicted octanol–water partition coefficient (Wildman–Crippen LogP) is 4.82. The maximum absolute atomic E-state index is 14.5. The minimum absolute atomic E-state index is 0.0339.